The number of fused-ring (bicyclic) bond motifs is 1. The van der Waals surface area contributed by atoms with Crippen LogP contribution in [0, 0.1) is 6.92 Å². The van der Waals surface area contributed by atoms with Crippen molar-refractivity contribution in [3.63, 3.8) is 0 Å². The van der Waals surface area contributed by atoms with Crippen molar-refractivity contribution in [1.29, 1.82) is 0 Å². The number of aromatic amines is 1. The normalized spacial score (nSPS) is 15.7. The average molecular weight is 429 g/mol. The Hall–Kier alpha value is -2.54. The number of piperazine rings is 1. The molecule has 6 nitrogen and oxygen atoms in total. The standard InChI is InChI=1S/C23H28N4O2.ClH/c1-16-4-2-3-5-21(16)26-10-12-27(13-11-26)22(23(28)29)17-6-7-20-19(14-17)18(8-9-24)15-25-20;/h2-7,14-15,22,25H,8-13,24H2,1H3,(H,28,29);1H. The number of nitrogens with one attached hydrogen (secondary N) is 1. The number of nitrogens with two attached hydrogens (primary N) is 1. The van der Waals surface area contributed by atoms with E-state index in [0.717, 1.165) is 41.5 Å². The van der Waals surface area contributed by atoms with Gasteiger partial charge in [-0.3, -0.25) is 9.69 Å². The number of anilines is 1. The van der Waals surface area contributed by atoms with E-state index >= 15 is 0 Å². The molecular weight excluding hydrogens is 400 g/mol. The molecule has 0 bridgehead atoms. The minimum absolute atomic E-state index is 0. The van der Waals surface area contributed by atoms with Crippen LogP contribution in [0.2, 0.25) is 0 Å². The number of carboxylic acid groups (broad SMARTS) is 1. The molecular formula is C23H29ClN4O2. The van der Waals surface area contributed by atoms with E-state index in [1.54, 1.807) is 0 Å². The van der Waals surface area contributed by atoms with Crippen LogP contribution in [0.5, 0.6) is 0 Å². The Morgan fingerprint density at radius 2 is 1.90 bits per heavy atom. The smallest absolute Gasteiger partial charge is 0.325 e. The summed E-state index contributed by atoms with van der Waals surface area (Å²) in [5.41, 5.74) is 11.2. The van der Waals surface area contributed by atoms with Crippen LogP contribution in [0.3, 0.4) is 0 Å². The molecule has 2 heterocycles. The summed E-state index contributed by atoms with van der Waals surface area (Å²) in [7, 11) is 0. The summed E-state index contributed by atoms with van der Waals surface area (Å²) < 4.78 is 0. The van der Waals surface area contributed by atoms with E-state index in [-0.39, 0.29) is 12.4 Å². The highest BCUT2D eigenvalue weighted by Crippen LogP contribution is 2.29. The largest absolute Gasteiger partial charge is 0.480 e. The second kappa shape index (κ2) is 9.51. The van der Waals surface area contributed by atoms with Crippen molar-refractivity contribution in [2.24, 2.45) is 5.73 Å². The average Bonchev–Trinajstić information content (AvgIpc) is 3.12. The maximum absolute atomic E-state index is 12.2. The lowest BCUT2D eigenvalue weighted by Crippen LogP contribution is -2.49. The number of nitrogens with zero attached hydrogens (tertiary/aromatic N) is 2. The molecule has 0 radical (unpaired) electrons. The summed E-state index contributed by atoms with van der Waals surface area (Å²) >= 11 is 0. The highest BCUT2D eigenvalue weighted by molar-refractivity contribution is 5.86. The summed E-state index contributed by atoms with van der Waals surface area (Å²) in [6.45, 7) is 5.75. The second-order valence-corrected chi connectivity index (χ2v) is 7.71. The van der Waals surface area contributed by atoms with Crippen molar-refractivity contribution in [2.75, 3.05) is 37.6 Å². The molecule has 0 spiro atoms. The molecule has 1 aliphatic heterocycles. The van der Waals surface area contributed by atoms with E-state index in [0.29, 0.717) is 19.6 Å². The first-order valence-electron chi connectivity index (χ1n) is 10.2. The zero-order valence-corrected chi connectivity index (χ0v) is 18.0. The van der Waals surface area contributed by atoms with Crippen molar-refractivity contribution in [2.45, 2.75) is 19.4 Å². The number of halogens is 1. The molecule has 2 aromatic carbocycles. The minimum atomic E-state index is -0.801. The van der Waals surface area contributed by atoms with E-state index in [9.17, 15) is 9.90 Å². The number of aliphatic carboxylic acids is 1. The number of carboxylic acids is 1. The molecule has 1 saturated heterocycles. The van der Waals surface area contributed by atoms with Gasteiger partial charge in [0.1, 0.15) is 6.04 Å². The molecule has 4 rings (SSSR count). The van der Waals surface area contributed by atoms with Crippen molar-refractivity contribution in [1.82, 2.24) is 9.88 Å². The lowest BCUT2D eigenvalue weighted by atomic mass is 10.0. The first-order valence-corrected chi connectivity index (χ1v) is 10.2. The van der Waals surface area contributed by atoms with E-state index < -0.39 is 12.0 Å². The van der Waals surface area contributed by atoms with Crippen LogP contribution in [0.1, 0.15) is 22.7 Å². The molecule has 1 aromatic heterocycles. The van der Waals surface area contributed by atoms with Gasteiger partial charge in [-0.25, -0.2) is 0 Å². The number of para-hydroxylation sites is 1. The van der Waals surface area contributed by atoms with Gasteiger partial charge in [0.15, 0.2) is 0 Å². The fraction of sp³-hybridized carbons (Fsp3) is 0.348. The Kier molecular flexibility index (Phi) is 7.02. The Morgan fingerprint density at radius 1 is 1.17 bits per heavy atom. The molecule has 30 heavy (non-hydrogen) atoms. The number of hydrogen-bond acceptors (Lipinski definition) is 4. The summed E-state index contributed by atoms with van der Waals surface area (Å²) in [5.74, 6) is -0.801. The van der Waals surface area contributed by atoms with Crippen LogP contribution in [-0.2, 0) is 11.2 Å². The molecule has 1 unspecified atom stereocenters. The van der Waals surface area contributed by atoms with Crippen molar-refractivity contribution >= 4 is 35.0 Å². The van der Waals surface area contributed by atoms with Crippen molar-refractivity contribution < 1.29 is 9.90 Å². The van der Waals surface area contributed by atoms with Gasteiger partial charge in [0, 0.05) is 49.0 Å². The first-order chi connectivity index (χ1) is 14.1. The van der Waals surface area contributed by atoms with Gasteiger partial charge in [-0.2, -0.15) is 0 Å². The quantitative estimate of drug-likeness (QED) is 0.560. The van der Waals surface area contributed by atoms with Gasteiger partial charge in [0.2, 0.25) is 0 Å². The third-order valence-electron chi connectivity index (χ3n) is 5.89. The van der Waals surface area contributed by atoms with Crippen LogP contribution in [-0.4, -0.2) is 53.7 Å². The number of aryl methyl sites for hydroxylation is 1. The Morgan fingerprint density at radius 3 is 2.57 bits per heavy atom. The maximum Gasteiger partial charge on any atom is 0.325 e. The summed E-state index contributed by atoms with van der Waals surface area (Å²) in [4.78, 5) is 19.9. The summed E-state index contributed by atoms with van der Waals surface area (Å²) in [6, 6.07) is 13.6. The van der Waals surface area contributed by atoms with Crippen molar-refractivity contribution in [3.05, 3.63) is 65.4 Å². The second-order valence-electron chi connectivity index (χ2n) is 7.71. The van der Waals surface area contributed by atoms with Gasteiger partial charge in [-0.05, 0) is 54.8 Å². The van der Waals surface area contributed by atoms with Gasteiger partial charge in [-0.1, -0.05) is 24.3 Å². The topological polar surface area (TPSA) is 85.6 Å². The zero-order chi connectivity index (χ0) is 20.4. The Labute approximate surface area is 183 Å². The fourth-order valence-corrected chi connectivity index (χ4v) is 4.38. The van der Waals surface area contributed by atoms with Crippen LogP contribution >= 0.6 is 12.4 Å². The van der Waals surface area contributed by atoms with E-state index in [1.807, 2.05) is 30.5 Å². The molecule has 4 N–H and O–H groups in total. The predicted octanol–water partition coefficient (Wildman–Crippen LogP) is 3.35. The van der Waals surface area contributed by atoms with Crippen molar-refractivity contribution in [3.8, 4) is 0 Å². The molecule has 1 atom stereocenters. The molecule has 0 saturated carbocycles. The predicted molar refractivity (Wildman–Crippen MR) is 124 cm³/mol. The molecule has 3 aromatic rings. The lowest BCUT2D eigenvalue weighted by molar-refractivity contribution is -0.143. The van der Waals surface area contributed by atoms with Gasteiger partial charge < -0.3 is 20.7 Å². The molecule has 0 aliphatic carbocycles. The third-order valence-corrected chi connectivity index (χ3v) is 5.89. The number of H-pyrrole nitrogens is 1. The number of hydrogen-bond donors (Lipinski definition) is 3. The summed E-state index contributed by atoms with van der Waals surface area (Å²) in [5, 5.41) is 11.1. The van der Waals surface area contributed by atoms with E-state index in [2.05, 4.69) is 39.9 Å². The molecule has 7 heteroatoms. The van der Waals surface area contributed by atoms with E-state index in [4.69, 9.17) is 5.73 Å². The number of carbonyl (C=O) groups is 1. The highest BCUT2D eigenvalue weighted by Gasteiger charge is 2.31. The lowest BCUT2D eigenvalue weighted by Gasteiger charge is -2.39. The molecule has 0 amide bonds. The first kappa shape index (κ1) is 22.2. The number of rotatable bonds is 6. The highest BCUT2D eigenvalue weighted by atomic mass is 35.5. The summed E-state index contributed by atoms with van der Waals surface area (Å²) in [6.07, 6.45) is 2.74. The zero-order valence-electron chi connectivity index (χ0n) is 17.2. The minimum Gasteiger partial charge on any atom is -0.480 e. The van der Waals surface area contributed by atoms with Crippen LogP contribution < -0.4 is 10.6 Å². The van der Waals surface area contributed by atoms with Crippen LogP contribution in [0.4, 0.5) is 5.69 Å². The maximum atomic E-state index is 12.2. The molecule has 160 valence electrons. The Balaban J connectivity index is 0.00000256. The SMILES string of the molecule is Cc1ccccc1N1CCN(C(C(=O)O)c2ccc3[nH]cc(CCN)c3c2)CC1.Cl. The monoisotopic (exact) mass is 428 g/mol. The Bertz CT molecular complexity index is 1010. The number of benzene rings is 2. The van der Waals surface area contributed by atoms with Gasteiger partial charge in [0.05, 0.1) is 0 Å². The van der Waals surface area contributed by atoms with Crippen LogP contribution in [0.25, 0.3) is 10.9 Å². The van der Waals surface area contributed by atoms with Crippen LogP contribution in [0.15, 0.2) is 48.7 Å². The third kappa shape index (κ3) is 4.31. The fourth-order valence-electron chi connectivity index (χ4n) is 4.38. The van der Waals surface area contributed by atoms with Gasteiger partial charge in [0.25, 0.3) is 0 Å². The van der Waals surface area contributed by atoms with Gasteiger partial charge >= 0.3 is 5.97 Å². The van der Waals surface area contributed by atoms with Gasteiger partial charge in [-0.15, -0.1) is 12.4 Å². The van der Waals surface area contributed by atoms with E-state index in [1.165, 1.54) is 11.3 Å². The number of aromatic nitrogens is 1. The molecule has 1 aliphatic rings. The molecule has 1 fully saturated rings.